The van der Waals surface area contributed by atoms with Gasteiger partial charge in [-0.2, -0.15) is 4.31 Å². The first kappa shape index (κ1) is 19.9. The first-order valence-corrected chi connectivity index (χ1v) is 12.1. The van der Waals surface area contributed by atoms with Crippen LogP contribution in [0.15, 0.2) is 23.1 Å². The van der Waals surface area contributed by atoms with Gasteiger partial charge in [-0.15, -0.1) is 0 Å². The largest absolute Gasteiger partial charge is 0.335 e. The lowest BCUT2D eigenvalue weighted by Gasteiger charge is -2.35. The fraction of sp³-hybridized carbons (Fsp3) is 0.667. The lowest BCUT2D eigenvalue weighted by Crippen LogP contribution is -3.14. The van der Waals surface area contributed by atoms with Gasteiger partial charge in [-0.3, -0.25) is 4.79 Å². The van der Waals surface area contributed by atoms with Crippen LogP contribution >= 0.6 is 0 Å². The number of aryl methyl sites for hydroxylation is 2. The standard InChI is InChI=1S/C21H31N3O3S/c1-17-4-3-9-22(15-17)16-21(25)23-10-12-24(13-11-23)28(26,27)20-8-7-18-5-2-6-19(18)14-20/h7-8,14,17H,2-6,9-13,15-16H2,1H3/p+1/t17-/m1/s1. The monoisotopic (exact) mass is 406 g/mol. The van der Waals surface area contributed by atoms with Gasteiger partial charge >= 0.3 is 0 Å². The van der Waals surface area contributed by atoms with Crippen molar-refractivity contribution in [3.63, 3.8) is 0 Å². The Hall–Kier alpha value is -1.44. The number of quaternary nitrogens is 1. The van der Waals surface area contributed by atoms with Crippen molar-refractivity contribution in [1.29, 1.82) is 0 Å². The number of hydrogen-bond donors (Lipinski definition) is 1. The molecule has 2 aliphatic heterocycles. The van der Waals surface area contributed by atoms with Crippen molar-refractivity contribution in [2.75, 3.05) is 45.8 Å². The van der Waals surface area contributed by atoms with Crippen molar-refractivity contribution in [3.8, 4) is 0 Å². The molecule has 2 atom stereocenters. The fourth-order valence-electron chi connectivity index (χ4n) is 4.92. The minimum Gasteiger partial charge on any atom is -0.335 e. The molecule has 28 heavy (non-hydrogen) atoms. The van der Waals surface area contributed by atoms with Crippen LogP contribution in [0.5, 0.6) is 0 Å². The van der Waals surface area contributed by atoms with Crippen molar-refractivity contribution < 1.29 is 18.1 Å². The normalized spacial score (nSPS) is 26.2. The number of rotatable bonds is 4. The Balaban J connectivity index is 1.35. The Morgan fingerprint density at radius 2 is 1.86 bits per heavy atom. The third kappa shape index (κ3) is 4.11. The average Bonchev–Trinajstić information content (AvgIpc) is 3.16. The van der Waals surface area contributed by atoms with Crippen LogP contribution in [0.3, 0.4) is 0 Å². The number of carbonyl (C=O) groups excluding carboxylic acids is 1. The number of likely N-dealkylation sites (tertiary alicyclic amines) is 1. The van der Waals surface area contributed by atoms with Crippen LogP contribution in [0, 0.1) is 5.92 Å². The highest BCUT2D eigenvalue weighted by Crippen LogP contribution is 2.26. The number of fused-ring (bicyclic) bond motifs is 1. The summed E-state index contributed by atoms with van der Waals surface area (Å²) in [4.78, 5) is 16.3. The number of sulfonamides is 1. The van der Waals surface area contributed by atoms with Gasteiger partial charge in [0.1, 0.15) is 0 Å². The summed E-state index contributed by atoms with van der Waals surface area (Å²) in [6.45, 7) is 6.70. The van der Waals surface area contributed by atoms with Gasteiger partial charge in [0.05, 0.1) is 18.0 Å². The number of amides is 1. The molecular weight excluding hydrogens is 374 g/mol. The van der Waals surface area contributed by atoms with Crippen LogP contribution in [-0.2, 0) is 27.7 Å². The molecule has 4 rings (SSSR count). The first-order chi connectivity index (χ1) is 13.4. The molecule has 1 aromatic rings. The summed E-state index contributed by atoms with van der Waals surface area (Å²) < 4.78 is 27.6. The topological polar surface area (TPSA) is 62.1 Å². The molecule has 0 aromatic heterocycles. The molecule has 7 heteroatoms. The van der Waals surface area contributed by atoms with Gasteiger partial charge in [-0.25, -0.2) is 8.42 Å². The summed E-state index contributed by atoms with van der Waals surface area (Å²) in [7, 11) is -3.48. The molecule has 154 valence electrons. The Bertz CT molecular complexity index is 831. The number of piperazine rings is 1. The average molecular weight is 407 g/mol. The fourth-order valence-corrected chi connectivity index (χ4v) is 6.39. The van der Waals surface area contributed by atoms with E-state index in [1.54, 1.807) is 10.4 Å². The van der Waals surface area contributed by atoms with Crippen LogP contribution in [0.1, 0.15) is 37.3 Å². The van der Waals surface area contributed by atoms with Crippen LogP contribution in [-0.4, -0.2) is 69.3 Å². The van der Waals surface area contributed by atoms with E-state index in [1.165, 1.54) is 28.9 Å². The summed E-state index contributed by atoms with van der Waals surface area (Å²) in [5.74, 6) is 0.851. The zero-order valence-corrected chi connectivity index (χ0v) is 17.6. The molecule has 2 fully saturated rings. The molecule has 1 N–H and O–H groups in total. The maximum absolute atomic E-state index is 13.0. The lowest BCUT2D eigenvalue weighted by atomic mass is 10.0. The molecule has 1 unspecified atom stereocenters. The maximum Gasteiger partial charge on any atom is 0.277 e. The molecule has 1 aromatic carbocycles. The highest BCUT2D eigenvalue weighted by atomic mass is 32.2. The van der Waals surface area contributed by atoms with Gasteiger partial charge < -0.3 is 9.80 Å². The van der Waals surface area contributed by atoms with E-state index in [2.05, 4.69) is 6.92 Å². The van der Waals surface area contributed by atoms with E-state index >= 15 is 0 Å². The second-order valence-corrected chi connectivity index (χ2v) is 10.6. The smallest absolute Gasteiger partial charge is 0.277 e. The Morgan fingerprint density at radius 3 is 2.61 bits per heavy atom. The van der Waals surface area contributed by atoms with E-state index in [-0.39, 0.29) is 5.91 Å². The summed E-state index contributed by atoms with van der Waals surface area (Å²) in [5.41, 5.74) is 2.46. The summed E-state index contributed by atoms with van der Waals surface area (Å²) in [5, 5.41) is 0. The number of benzene rings is 1. The molecular formula is C21H32N3O3S+. The molecule has 2 heterocycles. The highest BCUT2D eigenvalue weighted by Gasteiger charge is 2.32. The summed E-state index contributed by atoms with van der Waals surface area (Å²) in [6.07, 6.45) is 5.58. The first-order valence-electron chi connectivity index (χ1n) is 10.7. The minimum absolute atomic E-state index is 0.165. The quantitative estimate of drug-likeness (QED) is 0.784. The number of nitrogens with zero attached hydrogens (tertiary/aromatic N) is 2. The SMILES string of the molecule is C[C@@H]1CCC[NH+](CC(=O)N2CCN(S(=O)(=O)c3ccc4c(c3)CCC4)CC2)C1. The van der Waals surface area contributed by atoms with E-state index in [9.17, 15) is 13.2 Å². The Kier molecular flexibility index (Phi) is 5.76. The predicted molar refractivity (Wildman–Crippen MR) is 108 cm³/mol. The van der Waals surface area contributed by atoms with Crippen molar-refractivity contribution in [3.05, 3.63) is 29.3 Å². The summed E-state index contributed by atoms with van der Waals surface area (Å²) >= 11 is 0. The number of hydrogen-bond acceptors (Lipinski definition) is 3. The van der Waals surface area contributed by atoms with E-state index in [4.69, 9.17) is 0 Å². The second-order valence-electron chi connectivity index (χ2n) is 8.70. The predicted octanol–water partition coefficient (Wildman–Crippen LogP) is 0.323. The van der Waals surface area contributed by atoms with E-state index in [1.807, 2.05) is 17.0 Å². The molecule has 2 saturated heterocycles. The van der Waals surface area contributed by atoms with Crippen molar-refractivity contribution in [2.24, 2.45) is 5.92 Å². The van der Waals surface area contributed by atoms with Crippen LogP contribution < -0.4 is 4.90 Å². The van der Waals surface area contributed by atoms with Crippen molar-refractivity contribution >= 4 is 15.9 Å². The lowest BCUT2D eigenvalue weighted by molar-refractivity contribution is -0.900. The Labute approximate surface area is 168 Å². The molecule has 6 nitrogen and oxygen atoms in total. The van der Waals surface area contributed by atoms with E-state index < -0.39 is 10.0 Å². The van der Waals surface area contributed by atoms with Crippen LogP contribution in [0.2, 0.25) is 0 Å². The highest BCUT2D eigenvalue weighted by molar-refractivity contribution is 7.89. The van der Waals surface area contributed by atoms with Gasteiger partial charge in [0, 0.05) is 32.1 Å². The molecule has 0 saturated carbocycles. The Morgan fingerprint density at radius 1 is 1.11 bits per heavy atom. The van der Waals surface area contributed by atoms with Gasteiger partial charge in [-0.05, 0) is 55.4 Å². The van der Waals surface area contributed by atoms with E-state index in [0.717, 1.165) is 32.4 Å². The molecule has 1 amide bonds. The molecule has 0 spiro atoms. The number of nitrogens with one attached hydrogen (secondary N) is 1. The minimum atomic E-state index is -3.48. The zero-order chi connectivity index (χ0) is 19.7. The molecule has 3 aliphatic rings. The van der Waals surface area contributed by atoms with Crippen molar-refractivity contribution in [2.45, 2.75) is 43.9 Å². The van der Waals surface area contributed by atoms with Crippen LogP contribution in [0.25, 0.3) is 0 Å². The zero-order valence-electron chi connectivity index (χ0n) is 16.8. The van der Waals surface area contributed by atoms with Crippen molar-refractivity contribution in [1.82, 2.24) is 9.21 Å². The third-order valence-electron chi connectivity index (χ3n) is 6.56. The molecule has 1 aliphatic carbocycles. The maximum atomic E-state index is 13.0. The molecule has 0 radical (unpaired) electrons. The number of piperidine rings is 1. The van der Waals surface area contributed by atoms with Gasteiger partial charge in [0.15, 0.2) is 6.54 Å². The molecule has 0 bridgehead atoms. The third-order valence-corrected chi connectivity index (χ3v) is 8.46. The van der Waals surface area contributed by atoms with Gasteiger partial charge in [-0.1, -0.05) is 13.0 Å². The van der Waals surface area contributed by atoms with Crippen LogP contribution in [0.4, 0.5) is 0 Å². The van der Waals surface area contributed by atoms with Gasteiger partial charge in [0.2, 0.25) is 10.0 Å². The van der Waals surface area contributed by atoms with Gasteiger partial charge in [0.25, 0.3) is 5.91 Å². The second kappa shape index (κ2) is 8.13. The van der Waals surface area contributed by atoms with E-state index in [0.29, 0.717) is 43.5 Å². The summed E-state index contributed by atoms with van der Waals surface area (Å²) in [6, 6.07) is 5.57. The number of carbonyl (C=O) groups is 1.